The number of nitrogens with one attached hydrogen (secondary N) is 1. The van der Waals surface area contributed by atoms with E-state index in [2.05, 4.69) is 10.3 Å². The number of amides is 1. The fraction of sp³-hybridized carbons (Fsp3) is 0.0526. The Hall–Kier alpha value is -3.34. The minimum absolute atomic E-state index is 0.268. The third kappa shape index (κ3) is 2.56. The quantitative estimate of drug-likeness (QED) is 0.617. The van der Waals surface area contributed by atoms with E-state index < -0.39 is 0 Å². The zero-order valence-corrected chi connectivity index (χ0v) is 13.1. The Morgan fingerprint density at radius 3 is 2.88 bits per heavy atom. The number of nitrogens with zero attached hydrogens (tertiary/aromatic N) is 2. The SMILES string of the molecule is Cc1ccc(-c2cn3ccccc3n2)cc1NC(=O)c1ccco1. The Morgan fingerprint density at radius 1 is 1.17 bits per heavy atom. The van der Waals surface area contributed by atoms with Crippen molar-refractivity contribution < 1.29 is 9.21 Å². The zero-order valence-electron chi connectivity index (χ0n) is 13.1. The topological polar surface area (TPSA) is 59.5 Å². The van der Waals surface area contributed by atoms with E-state index in [9.17, 15) is 4.79 Å². The van der Waals surface area contributed by atoms with E-state index in [0.29, 0.717) is 0 Å². The van der Waals surface area contributed by atoms with Crippen molar-refractivity contribution in [1.82, 2.24) is 9.38 Å². The van der Waals surface area contributed by atoms with Crippen LogP contribution in [0.15, 0.2) is 71.6 Å². The summed E-state index contributed by atoms with van der Waals surface area (Å²) in [7, 11) is 0. The van der Waals surface area contributed by atoms with E-state index in [0.717, 1.165) is 28.2 Å². The molecule has 1 aromatic carbocycles. The minimum atomic E-state index is -0.268. The van der Waals surface area contributed by atoms with Gasteiger partial charge in [-0.25, -0.2) is 4.98 Å². The molecule has 3 heterocycles. The molecule has 24 heavy (non-hydrogen) atoms. The number of carbonyl (C=O) groups excluding carboxylic acids is 1. The molecule has 1 N–H and O–H groups in total. The molecule has 0 aliphatic carbocycles. The summed E-state index contributed by atoms with van der Waals surface area (Å²) >= 11 is 0. The van der Waals surface area contributed by atoms with E-state index in [1.807, 2.05) is 60.1 Å². The average molecular weight is 317 g/mol. The summed E-state index contributed by atoms with van der Waals surface area (Å²) in [4.78, 5) is 16.8. The van der Waals surface area contributed by atoms with Gasteiger partial charge in [0, 0.05) is 23.6 Å². The van der Waals surface area contributed by atoms with Gasteiger partial charge in [-0.15, -0.1) is 0 Å². The lowest BCUT2D eigenvalue weighted by Crippen LogP contribution is -2.11. The monoisotopic (exact) mass is 317 g/mol. The molecule has 4 rings (SSSR count). The van der Waals surface area contributed by atoms with Gasteiger partial charge in [0.05, 0.1) is 12.0 Å². The van der Waals surface area contributed by atoms with Crippen LogP contribution in [0.1, 0.15) is 16.1 Å². The molecule has 0 atom stereocenters. The Morgan fingerprint density at radius 2 is 2.08 bits per heavy atom. The molecule has 0 saturated heterocycles. The van der Waals surface area contributed by atoms with Gasteiger partial charge in [-0.1, -0.05) is 18.2 Å². The maximum absolute atomic E-state index is 12.2. The lowest BCUT2D eigenvalue weighted by Gasteiger charge is -2.08. The summed E-state index contributed by atoms with van der Waals surface area (Å²) in [5, 5.41) is 2.89. The van der Waals surface area contributed by atoms with Gasteiger partial charge in [0.15, 0.2) is 5.76 Å². The molecule has 0 aliphatic heterocycles. The van der Waals surface area contributed by atoms with E-state index in [1.54, 1.807) is 12.1 Å². The molecule has 5 nitrogen and oxygen atoms in total. The minimum Gasteiger partial charge on any atom is -0.459 e. The van der Waals surface area contributed by atoms with Crippen LogP contribution in [0.25, 0.3) is 16.9 Å². The molecule has 0 bridgehead atoms. The van der Waals surface area contributed by atoms with Gasteiger partial charge in [-0.05, 0) is 42.8 Å². The summed E-state index contributed by atoms with van der Waals surface area (Å²) in [6, 6.07) is 15.1. The molecule has 0 radical (unpaired) electrons. The number of pyridine rings is 1. The van der Waals surface area contributed by atoms with Crippen molar-refractivity contribution in [2.45, 2.75) is 6.92 Å². The Labute approximate surface area is 138 Å². The molecule has 5 heteroatoms. The van der Waals surface area contributed by atoms with E-state index in [4.69, 9.17) is 4.42 Å². The van der Waals surface area contributed by atoms with Crippen molar-refractivity contribution in [3.05, 3.63) is 78.5 Å². The lowest BCUT2D eigenvalue weighted by molar-refractivity contribution is 0.0996. The largest absolute Gasteiger partial charge is 0.459 e. The van der Waals surface area contributed by atoms with Crippen LogP contribution in [0.3, 0.4) is 0 Å². The first-order valence-corrected chi connectivity index (χ1v) is 7.60. The number of aromatic nitrogens is 2. The standard InChI is InChI=1S/C19H15N3O2/c1-13-7-8-14(16-12-22-9-3-2-6-18(22)20-16)11-15(13)21-19(23)17-5-4-10-24-17/h2-12H,1H3,(H,21,23). The van der Waals surface area contributed by atoms with Gasteiger partial charge in [0.2, 0.25) is 0 Å². The molecule has 0 saturated carbocycles. The van der Waals surface area contributed by atoms with Gasteiger partial charge >= 0.3 is 0 Å². The summed E-state index contributed by atoms with van der Waals surface area (Å²) < 4.78 is 7.10. The summed E-state index contributed by atoms with van der Waals surface area (Å²) in [6.45, 7) is 1.95. The second-order valence-corrected chi connectivity index (χ2v) is 5.55. The summed E-state index contributed by atoms with van der Waals surface area (Å²) in [5.74, 6) is 0.0165. The van der Waals surface area contributed by atoms with Crippen molar-refractivity contribution in [3.8, 4) is 11.3 Å². The van der Waals surface area contributed by atoms with Gasteiger partial charge in [0.25, 0.3) is 5.91 Å². The second kappa shape index (κ2) is 5.70. The second-order valence-electron chi connectivity index (χ2n) is 5.55. The fourth-order valence-corrected chi connectivity index (χ4v) is 2.58. The number of hydrogen-bond donors (Lipinski definition) is 1. The number of fused-ring (bicyclic) bond motifs is 1. The number of carbonyl (C=O) groups is 1. The highest BCUT2D eigenvalue weighted by Crippen LogP contribution is 2.25. The normalized spacial score (nSPS) is 10.9. The summed E-state index contributed by atoms with van der Waals surface area (Å²) in [5.41, 5.74) is 4.40. The molecular formula is C19H15N3O2. The number of rotatable bonds is 3. The maximum Gasteiger partial charge on any atom is 0.291 e. The van der Waals surface area contributed by atoms with Crippen molar-refractivity contribution in [2.24, 2.45) is 0 Å². The van der Waals surface area contributed by atoms with Crippen LogP contribution in [0.2, 0.25) is 0 Å². The Kier molecular flexibility index (Phi) is 3.39. The van der Waals surface area contributed by atoms with Crippen LogP contribution >= 0.6 is 0 Å². The molecule has 4 aromatic rings. The van der Waals surface area contributed by atoms with Crippen molar-refractivity contribution in [2.75, 3.05) is 5.32 Å². The number of benzene rings is 1. The van der Waals surface area contributed by atoms with Crippen LogP contribution in [-0.4, -0.2) is 15.3 Å². The Balaban J connectivity index is 1.69. The van der Waals surface area contributed by atoms with Gasteiger partial charge in [0.1, 0.15) is 5.65 Å². The number of anilines is 1. The van der Waals surface area contributed by atoms with Gasteiger partial charge < -0.3 is 14.1 Å². The smallest absolute Gasteiger partial charge is 0.291 e. The third-order valence-corrected chi connectivity index (χ3v) is 3.89. The van der Waals surface area contributed by atoms with Crippen molar-refractivity contribution >= 4 is 17.2 Å². The molecule has 0 unspecified atom stereocenters. The molecular weight excluding hydrogens is 302 g/mol. The average Bonchev–Trinajstić information content (AvgIpc) is 3.26. The molecule has 118 valence electrons. The zero-order chi connectivity index (χ0) is 16.5. The van der Waals surface area contributed by atoms with E-state index >= 15 is 0 Å². The summed E-state index contributed by atoms with van der Waals surface area (Å²) in [6.07, 6.45) is 5.41. The Bertz CT molecular complexity index is 983. The number of furan rings is 1. The number of aryl methyl sites for hydroxylation is 1. The molecule has 0 fully saturated rings. The van der Waals surface area contributed by atoms with Gasteiger partial charge in [-0.3, -0.25) is 4.79 Å². The maximum atomic E-state index is 12.2. The molecule has 1 amide bonds. The van der Waals surface area contributed by atoms with Crippen molar-refractivity contribution in [1.29, 1.82) is 0 Å². The van der Waals surface area contributed by atoms with E-state index in [1.165, 1.54) is 6.26 Å². The van der Waals surface area contributed by atoms with Crippen molar-refractivity contribution in [3.63, 3.8) is 0 Å². The van der Waals surface area contributed by atoms with Gasteiger partial charge in [-0.2, -0.15) is 0 Å². The molecule has 0 aliphatic rings. The molecule has 0 spiro atoms. The predicted octanol–water partition coefficient (Wildman–Crippen LogP) is 4.16. The highest BCUT2D eigenvalue weighted by Gasteiger charge is 2.12. The van der Waals surface area contributed by atoms with E-state index in [-0.39, 0.29) is 11.7 Å². The molecule has 3 aromatic heterocycles. The number of imidazole rings is 1. The first-order valence-electron chi connectivity index (χ1n) is 7.60. The van der Waals surface area contributed by atoms with Crippen LogP contribution in [0.4, 0.5) is 5.69 Å². The first kappa shape index (κ1) is 14.3. The fourth-order valence-electron chi connectivity index (χ4n) is 2.58. The van der Waals surface area contributed by atoms with Crippen LogP contribution < -0.4 is 5.32 Å². The van der Waals surface area contributed by atoms with Crippen LogP contribution in [-0.2, 0) is 0 Å². The highest BCUT2D eigenvalue weighted by molar-refractivity contribution is 6.03. The predicted molar refractivity (Wildman–Crippen MR) is 92.0 cm³/mol. The van der Waals surface area contributed by atoms with Crippen LogP contribution in [0, 0.1) is 6.92 Å². The number of hydrogen-bond acceptors (Lipinski definition) is 3. The lowest BCUT2D eigenvalue weighted by atomic mass is 10.1. The van der Waals surface area contributed by atoms with Crippen LogP contribution in [0.5, 0.6) is 0 Å². The highest BCUT2D eigenvalue weighted by atomic mass is 16.3. The third-order valence-electron chi connectivity index (χ3n) is 3.89. The first-order chi connectivity index (χ1) is 11.7.